The van der Waals surface area contributed by atoms with Gasteiger partial charge in [-0.25, -0.2) is 13.8 Å². The fourth-order valence-electron chi connectivity index (χ4n) is 3.23. The van der Waals surface area contributed by atoms with Crippen LogP contribution >= 0.6 is 0 Å². The van der Waals surface area contributed by atoms with Crippen molar-refractivity contribution >= 4 is 22.3 Å². The molecule has 0 aliphatic heterocycles. The number of hydrogen-bond donors (Lipinski definition) is 2. The first-order chi connectivity index (χ1) is 13.9. The number of rotatable bonds is 5. The normalized spacial score (nSPS) is 12.2. The lowest BCUT2D eigenvalue weighted by Crippen LogP contribution is -2.06. The first kappa shape index (κ1) is 18.7. The maximum atomic E-state index is 12.5. The molecule has 4 rings (SSSR count). The molecule has 9 heteroatoms. The molecule has 0 atom stereocenters. The van der Waals surface area contributed by atoms with Crippen LogP contribution in [0.25, 0.3) is 22.2 Å². The molecule has 0 aliphatic carbocycles. The third-order valence-electron chi connectivity index (χ3n) is 4.58. The fourth-order valence-corrected chi connectivity index (χ4v) is 3.23. The largest absolute Gasteiger partial charge is 0.494 e. The summed E-state index contributed by atoms with van der Waals surface area (Å²) in [5.41, 5.74) is 4.77. The number of nitrogens with zero attached hydrogens (tertiary/aromatic N) is 5. The Labute approximate surface area is 164 Å². The van der Waals surface area contributed by atoms with Gasteiger partial charge in [0.15, 0.2) is 5.88 Å². The van der Waals surface area contributed by atoms with Crippen molar-refractivity contribution in [1.29, 1.82) is 0 Å². The van der Waals surface area contributed by atoms with E-state index in [0.29, 0.717) is 22.5 Å². The van der Waals surface area contributed by atoms with Crippen LogP contribution in [0.1, 0.15) is 18.1 Å². The van der Waals surface area contributed by atoms with E-state index in [9.17, 15) is 13.9 Å². The summed E-state index contributed by atoms with van der Waals surface area (Å²) in [7, 11) is 0. The molecular formula is C20H18F2N6O. The van der Waals surface area contributed by atoms with Crippen LogP contribution < -0.4 is 0 Å². The molecule has 2 N–H and O–H groups in total. The molecular weight excluding hydrogens is 378 g/mol. The number of alkyl halides is 2. The Hall–Kier alpha value is -3.62. The molecule has 0 aromatic carbocycles. The van der Waals surface area contributed by atoms with E-state index in [0.717, 1.165) is 26.9 Å². The van der Waals surface area contributed by atoms with Crippen molar-refractivity contribution in [2.24, 2.45) is 4.99 Å². The molecule has 4 aromatic heterocycles. The number of aromatic nitrogens is 5. The number of pyridine rings is 2. The van der Waals surface area contributed by atoms with E-state index in [4.69, 9.17) is 0 Å². The van der Waals surface area contributed by atoms with Crippen LogP contribution in [-0.4, -0.2) is 42.0 Å². The van der Waals surface area contributed by atoms with E-state index in [-0.39, 0.29) is 5.88 Å². The molecule has 0 unspecified atom stereocenters. The van der Waals surface area contributed by atoms with Crippen molar-refractivity contribution in [2.45, 2.75) is 26.8 Å². The van der Waals surface area contributed by atoms with Crippen molar-refractivity contribution < 1.29 is 13.9 Å². The molecule has 0 aliphatic rings. The van der Waals surface area contributed by atoms with Crippen LogP contribution in [0.2, 0.25) is 0 Å². The molecule has 0 fully saturated rings. The highest BCUT2D eigenvalue weighted by Crippen LogP contribution is 2.32. The molecule has 0 radical (unpaired) electrons. The first-order valence-corrected chi connectivity index (χ1v) is 8.90. The Balaban J connectivity index is 1.76. The van der Waals surface area contributed by atoms with Crippen LogP contribution in [0, 0.1) is 6.92 Å². The molecule has 4 aromatic rings. The third kappa shape index (κ3) is 3.71. The van der Waals surface area contributed by atoms with Crippen molar-refractivity contribution in [2.75, 3.05) is 0 Å². The van der Waals surface area contributed by atoms with Crippen LogP contribution in [0.4, 0.5) is 14.5 Å². The Kier molecular flexibility index (Phi) is 4.79. The topological polar surface area (TPSA) is 92.0 Å². The maximum absolute atomic E-state index is 12.5. The van der Waals surface area contributed by atoms with Gasteiger partial charge < -0.3 is 10.1 Å². The summed E-state index contributed by atoms with van der Waals surface area (Å²) in [5.74, 6) is -0.0388. The van der Waals surface area contributed by atoms with E-state index < -0.39 is 13.0 Å². The van der Waals surface area contributed by atoms with E-state index in [1.165, 1.54) is 12.4 Å². The molecule has 148 valence electrons. The van der Waals surface area contributed by atoms with Crippen molar-refractivity contribution in [3.63, 3.8) is 0 Å². The Morgan fingerprint density at radius 1 is 1.31 bits per heavy atom. The predicted octanol–water partition coefficient (Wildman–Crippen LogP) is 4.24. The number of fused-ring (bicyclic) bond motifs is 1. The summed E-state index contributed by atoms with van der Waals surface area (Å²) in [6.45, 7) is 3.22. The molecule has 29 heavy (non-hydrogen) atoms. The van der Waals surface area contributed by atoms with Crippen LogP contribution in [-0.2, 0) is 6.54 Å². The van der Waals surface area contributed by atoms with Gasteiger partial charge in [-0.1, -0.05) is 0 Å². The van der Waals surface area contributed by atoms with Crippen molar-refractivity contribution in [3.05, 3.63) is 54.2 Å². The number of halogens is 2. The quantitative estimate of drug-likeness (QED) is 0.494. The van der Waals surface area contributed by atoms with Crippen molar-refractivity contribution in [1.82, 2.24) is 24.7 Å². The summed E-state index contributed by atoms with van der Waals surface area (Å²) in [5, 5.41) is 15.1. The van der Waals surface area contributed by atoms with E-state index in [1.54, 1.807) is 25.5 Å². The van der Waals surface area contributed by atoms with Crippen LogP contribution in [0.3, 0.4) is 0 Å². The maximum Gasteiger partial charge on any atom is 0.257 e. The third-order valence-corrected chi connectivity index (χ3v) is 4.58. The average Bonchev–Trinajstić information content (AvgIpc) is 3.23. The standard InChI is InChI=1S/C20H18F2N6O/c1-11-3-4-23-7-15(11)16-5-14-17(8-24-16)27-20(29)19(14)12(2)26-13-6-25-28(9-13)10-18(21)22/h3-9,18,27,29H,10H2,1-2H3. The number of aryl methyl sites for hydroxylation is 1. The Morgan fingerprint density at radius 2 is 2.14 bits per heavy atom. The minimum Gasteiger partial charge on any atom is -0.494 e. The summed E-state index contributed by atoms with van der Waals surface area (Å²) < 4.78 is 26.1. The molecule has 0 bridgehead atoms. The highest BCUT2D eigenvalue weighted by Gasteiger charge is 2.16. The van der Waals surface area contributed by atoms with Gasteiger partial charge in [0.2, 0.25) is 0 Å². The zero-order valence-corrected chi connectivity index (χ0v) is 15.8. The van der Waals surface area contributed by atoms with Gasteiger partial charge in [-0.15, -0.1) is 0 Å². The molecule has 7 nitrogen and oxygen atoms in total. The van der Waals surface area contributed by atoms with Crippen molar-refractivity contribution in [3.8, 4) is 17.1 Å². The molecule has 4 heterocycles. The van der Waals surface area contributed by atoms with Gasteiger partial charge in [-0.2, -0.15) is 5.10 Å². The SMILES string of the molecule is CC(=Nc1cnn(CC(F)F)c1)c1c(O)[nH]c2cnc(-c3cnccc3C)cc12. The number of aromatic hydroxyl groups is 1. The zero-order chi connectivity index (χ0) is 20.5. The number of aromatic amines is 1. The Morgan fingerprint density at radius 3 is 2.90 bits per heavy atom. The summed E-state index contributed by atoms with van der Waals surface area (Å²) in [6, 6.07) is 3.77. The lowest BCUT2D eigenvalue weighted by Gasteiger charge is -2.05. The highest BCUT2D eigenvalue weighted by atomic mass is 19.3. The van der Waals surface area contributed by atoms with Gasteiger partial charge in [-0.3, -0.25) is 14.6 Å². The van der Waals surface area contributed by atoms with Gasteiger partial charge in [0, 0.05) is 23.3 Å². The Bertz CT molecular complexity index is 1210. The molecule has 0 amide bonds. The first-order valence-electron chi connectivity index (χ1n) is 8.90. The summed E-state index contributed by atoms with van der Waals surface area (Å²) in [6.07, 6.45) is 5.46. The van der Waals surface area contributed by atoms with Gasteiger partial charge in [0.25, 0.3) is 6.43 Å². The van der Waals surface area contributed by atoms with E-state index >= 15 is 0 Å². The molecule has 0 saturated heterocycles. The smallest absolute Gasteiger partial charge is 0.257 e. The number of aliphatic imine (C=N–C) groups is 1. The number of nitrogens with one attached hydrogen (secondary N) is 1. The molecule has 0 saturated carbocycles. The summed E-state index contributed by atoms with van der Waals surface area (Å²) >= 11 is 0. The average molecular weight is 396 g/mol. The second-order valence-electron chi connectivity index (χ2n) is 6.66. The predicted molar refractivity (Wildman–Crippen MR) is 106 cm³/mol. The van der Waals surface area contributed by atoms with Gasteiger partial charge in [0.05, 0.1) is 41.1 Å². The number of hydrogen-bond acceptors (Lipinski definition) is 5. The van der Waals surface area contributed by atoms with Gasteiger partial charge in [0.1, 0.15) is 12.2 Å². The van der Waals surface area contributed by atoms with Gasteiger partial charge in [-0.05, 0) is 31.5 Å². The second-order valence-corrected chi connectivity index (χ2v) is 6.66. The van der Waals surface area contributed by atoms with E-state index in [2.05, 4.69) is 25.0 Å². The monoisotopic (exact) mass is 396 g/mol. The highest BCUT2D eigenvalue weighted by molar-refractivity contribution is 6.13. The lowest BCUT2D eigenvalue weighted by molar-refractivity contribution is 0.122. The van der Waals surface area contributed by atoms with E-state index in [1.807, 2.05) is 19.1 Å². The minimum atomic E-state index is -2.49. The van der Waals surface area contributed by atoms with Gasteiger partial charge >= 0.3 is 0 Å². The summed E-state index contributed by atoms with van der Waals surface area (Å²) in [4.78, 5) is 16.0. The molecule has 0 spiro atoms. The lowest BCUT2D eigenvalue weighted by atomic mass is 10.0. The fraction of sp³-hybridized carbons (Fsp3) is 0.200. The van der Waals surface area contributed by atoms with Crippen LogP contribution in [0.5, 0.6) is 5.88 Å². The second kappa shape index (κ2) is 7.42. The minimum absolute atomic E-state index is 0.0388. The van der Waals surface area contributed by atoms with Crippen LogP contribution in [0.15, 0.2) is 48.1 Å². The zero-order valence-electron chi connectivity index (χ0n) is 15.8. The number of H-pyrrole nitrogens is 1.